The van der Waals surface area contributed by atoms with Crippen LogP contribution in [0.3, 0.4) is 0 Å². The van der Waals surface area contributed by atoms with E-state index in [0.29, 0.717) is 72.0 Å². The Balaban J connectivity index is 0.000000190. The molecule has 6 aromatic heterocycles. The third-order valence-corrected chi connectivity index (χ3v) is 23.6. The monoisotopic (exact) mass is 1540 g/mol. The topological polar surface area (TPSA) is 327 Å². The summed E-state index contributed by atoms with van der Waals surface area (Å²) in [6.07, 6.45) is 12.7. The van der Waals surface area contributed by atoms with Crippen molar-refractivity contribution in [3.8, 4) is 17.0 Å². The first-order valence-corrected chi connectivity index (χ1v) is 40.4. The van der Waals surface area contributed by atoms with Gasteiger partial charge in [-0.2, -0.15) is 16.8 Å². The van der Waals surface area contributed by atoms with Crippen molar-refractivity contribution in [3.05, 3.63) is 221 Å². The van der Waals surface area contributed by atoms with Gasteiger partial charge < -0.3 is 30.1 Å². The number of fused-ring (bicyclic) bond motifs is 1. The fourth-order valence-corrected chi connectivity index (χ4v) is 17.7. The van der Waals surface area contributed by atoms with Crippen molar-refractivity contribution >= 4 is 99.3 Å². The van der Waals surface area contributed by atoms with Crippen LogP contribution in [-0.2, 0) is 41.3 Å². The highest BCUT2D eigenvalue weighted by atomic mass is 32.2. The maximum Gasteiger partial charge on any atom is 0.281 e. The molecule has 9 heterocycles. The van der Waals surface area contributed by atoms with Crippen LogP contribution < -0.4 is 44.2 Å². The van der Waals surface area contributed by atoms with Gasteiger partial charge in [0.25, 0.3) is 47.8 Å². The zero-order valence-electron chi connectivity index (χ0n) is 63.2. The minimum Gasteiger partial charge on any atom is -0.497 e. The first-order chi connectivity index (χ1) is 51.6. The number of nitrogens with one attached hydrogen (secondary N) is 5. The predicted molar refractivity (Wildman–Crippen MR) is 429 cm³/mol. The van der Waals surface area contributed by atoms with E-state index in [9.17, 15) is 44.4 Å². The molecule has 3 aromatic carbocycles. The molecule has 4 aliphatic rings. The summed E-state index contributed by atoms with van der Waals surface area (Å²) in [6.45, 7) is 25.8. The van der Waals surface area contributed by atoms with Crippen LogP contribution in [0.15, 0.2) is 197 Å². The first kappa shape index (κ1) is 79.1. The van der Waals surface area contributed by atoms with Gasteiger partial charge in [0, 0.05) is 87.3 Å². The molecule has 2 unspecified atom stereocenters. The van der Waals surface area contributed by atoms with E-state index in [2.05, 4.69) is 127 Å². The van der Waals surface area contributed by atoms with E-state index in [-0.39, 0.29) is 52.6 Å². The van der Waals surface area contributed by atoms with Crippen molar-refractivity contribution < 1.29 is 52.0 Å². The number of hydrogen-bond acceptors (Lipinski definition) is 22. The fourth-order valence-electron chi connectivity index (χ4n) is 14.7. The number of sulfonamides is 3. The molecule has 0 radical (unpaired) electrons. The summed E-state index contributed by atoms with van der Waals surface area (Å²) in [4.78, 5) is 84.3. The Hall–Kier alpha value is -11.0. The minimum absolute atomic E-state index is 0. The maximum absolute atomic E-state index is 13.3. The number of carbonyl (C=O) groups is 4. The van der Waals surface area contributed by atoms with Crippen molar-refractivity contribution in [3.63, 3.8) is 0 Å². The Morgan fingerprint density at radius 2 is 1.04 bits per heavy atom. The number of methoxy groups -OCH3 is 1. The molecule has 5 N–H and O–H groups in total. The van der Waals surface area contributed by atoms with Gasteiger partial charge in [0.05, 0.1) is 35.0 Å². The van der Waals surface area contributed by atoms with Crippen molar-refractivity contribution in [2.24, 2.45) is 17.8 Å². The highest BCUT2D eigenvalue weighted by molar-refractivity contribution is 7.95. The maximum atomic E-state index is 13.3. The number of allylic oxidation sites excluding steroid dienone is 4. The Kier molecular flexibility index (Phi) is 23.6. The average molecular weight is 1540 g/mol. The molecule has 3 fully saturated rings. The number of ether oxygens (including phenoxy) is 1. The molecule has 109 heavy (non-hydrogen) atoms. The van der Waals surface area contributed by atoms with Crippen LogP contribution in [0.2, 0.25) is 0 Å². The van der Waals surface area contributed by atoms with E-state index < -0.39 is 58.5 Å². The number of nitrogens with zero attached hydrogens (tertiary/aromatic N) is 9. The molecule has 28 heteroatoms. The molecule has 3 aliphatic heterocycles. The number of aryl methyl sites for hydroxylation is 1. The zero-order chi connectivity index (χ0) is 78.4. The van der Waals surface area contributed by atoms with Crippen LogP contribution in [-0.4, -0.2) is 129 Å². The molecule has 13 rings (SSSR count). The number of Topliss-reactive ketones (excluding diaryl/α,β-unsaturated/α-hetero) is 1. The van der Waals surface area contributed by atoms with Crippen LogP contribution in [0.4, 0.5) is 34.8 Å². The summed E-state index contributed by atoms with van der Waals surface area (Å²) in [5, 5.41) is 6.66. The number of pyridine rings is 6. The molecule has 0 saturated carbocycles. The number of rotatable bonds is 20. The molecular formula is C81H96N14O11S3. The summed E-state index contributed by atoms with van der Waals surface area (Å²) in [5.41, 5.74) is 6.42. The predicted octanol–water partition coefficient (Wildman–Crippen LogP) is 13.3. The van der Waals surface area contributed by atoms with Gasteiger partial charge in [-0.1, -0.05) is 81.5 Å². The second-order valence-corrected chi connectivity index (χ2v) is 34.8. The van der Waals surface area contributed by atoms with E-state index in [0.717, 1.165) is 76.9 Å². The van der Waals surface area contributed by atoms with E-state index in [1.54, 1.807) is 92.4 Å². The molecule has 3 atom stereocenters. The third-order valence-electron chi connectivity index (χ3n) is 19.8. The van der Waals surface area contributed by atoms with Gasteiger partial charge in [-0.25, -0.2) is 47.5 Å². The summed E-state index contributed by atoms with van der Waals surface area (Å²) >= 11 is 0. The van der Waals surface area contributed by atoms with Gasteiger partial charge in [0.15, 0.2) is 15.8 Å². The number of amides is 3. The highest BCUT2D eigenvalue weighted by Gasteiger charge is 2.43. The number of benzene rings is 3. The van der Waals surface area contributed by atoms with E-state index in [1.165, 1.54) is 24.3 Å². The Morgan fingerprint density at radius 1 is 0.541 bits per heavy atom. The normalized spacial score (nSPS) is 17.8. The number of ketones is 1. The van der Waals surface area contributed by atoms with Crippen molar-refractivity contribution in [1.82, 2.24) is 44.1 Å². The summed E-state index contributed by atoms with van der Waals surface area (Å²) in [6, 6.07) is 42.1. The third kappa shape index (κ3) is 18.4. The lowest BCUT2D eigenvalue weighted by Gasteiger charge is -2.34. The lowest BCUT2D eigenvalue weighted by molar-refractivity contribution is -0.114. The molecular weight excluding hydrogens is 1440 g/mol. The van der Waals surface area contributed by atoms with Crippen molar-refractivity contribution in [2.45, 2.75) is 135 Å². The smallest absolute Gasteiger partial charge is 0.281 e. The van der Waals surface area contributed by atoms with Gasteiger partial charge >= 0.3 is 0 Å². The van der Waals surface area contributed by atoms with Gasteiger partial charge in [-0.15, -0.1) is 0 Å². The molecule has 0 spiro atoms. The number of anilines is 6. The highest BCUT2D eigenvalue weighted by Crippen LogP contribution is 2.41. The minimum atomic E-state index is -4.32. The number of hydrogen-bond donors (Lipinski definition) is 5. The average Bonchev–Trinajstić information content (AvgIpc) is 1.71. The number of carbonyl (C=O) groups excluding carboxylic acids is 4. The molecule has 3 saturated heterocycles. The van der Waals surface area contributed by atoms with Crippen molar-refractivity contribution in [2.75, 3.05) is 58.6 Å². The Labute approximate surface area is 640 Å². The molecule has 574 valence electrons. The van der Waals surface area contributed by atoms with Crippen LogP contribution in [0, 0.1) is 31.6 Å². The first-order valence-electron chi connectivity index (χ1n) is 36.0. The van der Waals surface area contributed by atoms with Crippen LogP contribution in [0.5, 0.6) is 5.75 Å². The molecule has 0 bridgehead atoms. The quantitative estimate of drug-likeness (QED) is 0.0473. The van der Waals surface area contributed by atoms with E-state index in [1.807, 2.05) is 86.6 Å². The second kappa shape index (κ2) is 32.5. The van der Waals surface area contributed by atoms with Gasteiger partial charge in [0.1, 0.15) is 39.7 Å². The van der Waals surface area contributed by atoms with Crippen LogP contribution in [0.1, 0.15) is 139 Å². The summed E-state index contributed by atoms with van der Waals surface area (Å²) in [5.74, 6) is 1.29. The van der Waals surface area contributed by atoms with Gasteiger partial charge in [-0.05, 0) is 219 Å². The molecule has 25 nitrogen and oxygen atoms in total. The zero-order valence-corrected chi connectivity index (χ0v) is 65.6. The molecule has 1 aliphatic carbocycles. The lowest BCUT2D eigenvalue weighted by atomic mass is 9.97. The lowest BCUT2D eigenvalue weighted by Crippen LogP contribution is -2.41. The number of aromatic nitrogens is 6. The fraction of sp³-hybridized carbons (Fsp3) is 0.333. The van der Waals surface area contributed by atoms with E-state index in [4.69, 9.17) is 9.72 Å². The Morgan fingerprint density at radius 3 is 1.58 bits per heavy atom. The van der Waals surface area contributed by atoms with Gasteiger partial charge in [-0.3, -0.25) is 24.2 Å². The standard InChI is InChI=1S/C27H28N6O3S.C27H33N5O4S.C27H31N3O4S.2H2/c1-18-16-27(2,3)33(17-18)25-20(9-7-15-29-25)26(34)32-37(35,36)24-13-5-12-23(31-24)30-22-11-4-10-21-19(22)8-6-14-28-21;1-19-17-27(2,3)32(18-19)25-22(7-6-15-29-25)26(33)31-37(34,35)24-9-5-8-23(30-24)28-16-14-20-10-12-21(36-4)13-11-20;1-17-15-27(4,5)30(16-17)25-21(13-14-22(28-25)20-10-8-9-18(2)19(20)3)26(32)29-35(33,34)24-12-7-6-11-23(24)31;;/h4-15,18H,16-17H2,1-3H3,(H,30,31)(H,32,34);5-13,15,19H,14,16-18H2,1-4H3,(H,28,30)(H,31,33);6-10,12-14,17H,11,15-16H2,1-5H3,(H,29,32);2*1H/t;;17-;;/m..0../s1. The van der Waals surface area contributed by atoms with Crippen molar-refractivity contribution in [1.29, 1.82) is 0 Å². The van der Waals surface area contributed by atoms with Crippen LogP contribution in [0.25, 0.3) is 22.2 Å². The molecule has 9 aromatic rings. The molecule has 3 amide bonds. The van der Waals surface area contributed by atoms with Gasteiger partial charge in [0.2, 0.25) is 0 Å². The van der Waals surface area contributed by atoms with E-state index >= 15 is 0 Å². The summed E-state index contributed by atoms with van der Waals surface area (Å²) in [7, 11) is -11.2. The van der Waals surface area contributed by atoms with Crippen LogP contribution >= 0.6 is 0 Å². The SMILES string of the molecule is CC1CN(c2ncccc2C(=O)NS(=O)(=O)c2cccc(Nc3cccc4ncccc34)n2)C(C)(C)C1.COc1ccc(CCNc2cccc(S(=O)(=O)NC(=O)c3cccnc3N3CC(C)CC3(C)C)n2)cc1.Cc1cccc(-c2ccc(C(=O)NS(=O)(=O)C3=CC=CCC3=O)c(N3C[C@@H](C)CC3(C)C)n2)c1C.[HH].[HH]. The Bertz CT molecular complexity index is 5370. The second-order valence-electron chi connectivity index (χ2n) is 29.9. The summed E-state index contributed by atoms with van der Waals surface area (Å²) < 4.78 is 89.9. The largest absolute Gasteiger partial charge is 0.497 e.